The molecule has 0 saturated carbocycles. The van der Waals surface area contributed by atoms with Crippen LogP contribution in [0.5, 0.6) is 0 Å². The van der Waals surface area contributed by atoms with E-state index in [-0.39, 0.29) is 6.54 Å². The van der Waals surface area contributed by atoms with Crippen molar-refractivity contribution < 1.29 is 9.31 Å². The molecule has 0 radical (unpaired) electrons. The van der Waals surface area contributed by atoms with Crippen molar-refractivity contribution in [3.63, 3.8) is 0 Å². The molecule has 7 heteroatoms. The second kappa shape index (κ2) is 5.31. The molecule has 0 atom stereocenters. The molecule has 0 spiro atoms. The van der Waals surface area contributed by atoms with E-state index in [0.29, 0.717) is 10.0 Å². The van der Waals surface area contributed by atoms with Crippen LogP contribution in [0.1, 0.15) is 5.56 Å². The number of benzene rings is 1. The molecule has 1 heterocycles. The summed E-state index contributed by atoms with van der Waals surface area (Å²) < 4.78 is 14.7. The number of hydrogen-bond acceptors (Lipinski definition) is 3. The Balaban J connectivity index is 2.42. The Kier molecular flexibility index (Phi) is 3.75. The maximum absolute atomic E-state index is 12.9. The number of halogens is 2. The van der Waals surface area contributed by atoms with E-state index < -0.39 is 22.0 Å². The first-order chi connectivity index (χ1) is 8.99. The minimum Gasteiger partial charge on any atom is -0.305 e. The van der Waals surface area contributed by atoms with Gasteiger partial charge in [0, 0.05) is 16.7 Å². The van der Waals surface area contributed by atoms with Crippen LogP contribution in [-0.4, -0.2) is 9.49 Å². The monoisotopic (exact) mass is 326 g/mol. The van der Waals surface area contributed by atoms with E-state index in [0.717, 1.165) is 6.07 Å². The van der Waals surface area contributed by atoms with Crippen LogP contribution in [0.2, 0.25) is 0 Å². The molecule has 0 aliphatic carbocycles. The molecule has 0 saturated heterocycles. The predicted octanol–water partition coefficient (Wildman–Crippen LogP) is 2.71. The molecule has 2 rings (SSSR count). The molecular formula is C12H8BrFN2O3. The SMILES string of the molecule is O=c1c([N+](=O)[O-])cccn1Cc1ccc(F)cc1Br. The summed E-state index contributed by atoms with van der Waals surface area (Å²) in [5, 5.41) is 10.7. The van der Waals surface area contributed by atoms with Gasteiger partial charge in [0.2, 0.25) is 0 Å². The molecule has 98 valence electrons. The molecule has 0 fully saturated rings. The van der Waals surface area contributed by atoms with E-state index in [1.54, 1.807) is 0 Å². The Morgan fingerprint density at radius 1 is 1.37 bits per heavy atom. The van der Waals surface area contributed by atoms with Crippen LogP contribution < -0.4 is 5.56 Å². The molecule has 1 aromatic heterocycles. The van der Waals surface area contributed by atoms with Crippen LogP contribution in [0.3, 0.4) is 0 Å². The van der Waals surface area contributed by atoms with E-state index in [4.69, 9.17) is 0 Å². The minimum atomic E-state index is -0.724. The summed E-state index contributed by atoms with van der Waals surface area (Å²) in [6, 6.07) is 6.64. The number of pyridine rings is 1. The first-order valence-corrected chi connectivity index (χ1v) is 6.06. The summed E-state index contributed by atoms with van der Waals surface area (Å²) in [4.78, 5) is 21.8. The maximum atomic E-state index is 12.9. The van der Waals surface area contributed by atoms with Crippen molar-refractivity contribution in [2.24, 2.45) is 0 Å². The summed E-state index contributed by atoms with van der Waals surface area (Å²) in [5.74, 6) is -0.401. The Bertz CT molecular complexity index is 700. The average Bonchev–Trinajstić information content (AvgIpc) is 2.34. The fourth-order valence-corrected chi connectivity index (χ4v) is 2.10. The second-order valence-electron chi connectivity index (χ2n) is 3.82. The van der Waals surface area contributed by atoms with Gasteiger partial charge in [-0.05, 0) is 23.8 Å². The lowest BCUT2D eigenvalue weighted by molar-refractivity contribution is -0.386. The summed E-state index contributed by atoms with van der Waals surface area (Å²) in [6.07, 6.45) is 1.45. The number of hydrogen-bond donors (Lipinski definition) is 0. The molecule has 0 unspecified atom stereocenters. The largest absolute Gasteiger partial charge is 0.334 e. The fraction of sp³-hybridized carbons (Fsp3) is 0.0833. The lowest BCUT2D eigenvalue weighted by Gasteiger charge is -2.07. The van der Waals surface area contributed by atoms with E-state index in [1.165, 1.54) is 35.0 Å². The van der Waals surface area contributed by atoms with Crippen molar-refractivity contribution in [1.29, 1.82) is 0 Å². The van der Waals surface area contributed by atoms with E-state index in [9.17, 15) is 19.3 Å². The van der Waals surface area contributed by atoms with Gasteiger partial charge < -0.3 is 4.57 Å². The summed E-state index contributed by atoms with van der Waals surface area (Å²) >= 11 is 3.19. The van der Waals surface area contributed by atoms with Crippen molar-refractivity contribution in [3.05, 3.63) is 72.9 Å². The third kappa shape index (κ3) is 2.87. The first kappa shape index (κ1) is 13.4. The average molecular weight is 327 g/mol. The second-order valence-corrected chi connectivity index (χ2v) is 4.67. The first-order valence-electron chi connectivity index (χ1n) is 5.27. The third-order valence-electron chi connectivity index (χ3n) is 2.55. The zero-order valence-electron chi connectivity index (χ0n) is 9.55. The highest BCUT2D eigenvalue weighted by Crippen LogP contribution is 2.18. The zero-order chi connectivity index (χ0) is 14.0. The molecular weight excluding hydrogens is 319 g/mol. The molecule has 0 aliphatic rings. The Morgan fingerprint density at radius 2 is 2.11 bits per heavy atom. The van der Waals surface area contributed by atoms with Gasteiger partial charge in [0.25, 0.3) is 0 Å². The fourth-order valence-electron chi connectivity index (χ4n) is 1.62. The minimum absolute atomic E-state index is 0.126. The van der Waals surface area contributed by atoms with Gasteiger partial charge in [-0.15, -0.1) is 0 Å². The van der Waals surface area contributed by atoms with Gasteiger partial charge in [0.15, 0.2) is 0 Å². The zero-order valence-corrected chi connectivity index (χ0v) is 11.1. The van der Waals surface area contributed by atoms with Crippen LogP contribution in [-0.2, 0) is 6.54 Å². The Hall–Kier alpha value is -2.02. The van der Waals surface area contributed by atoms with Gasteiger partial charge in [-0.3, -0.25) is 14.9 Å². The Morgan fingerprint density at radius 3 is 2.74 bits per heavy atom. The smallest absolute Gasteiger partial charge is 0.305 e. The van der Waals surface area contributed by atoms with E-state index in [1.807, 2.05) is 0 Å². The molecule has 19 heavy (non-hydrogen) atoms. The predicted molar refractivity (Wildman–Crippen MR) is 70.6 cm³/mol. The van der Waals surface area contributed by atoms with E-state index in [2.05, 4.69) is 15.9 Å². The molecule has 0 N–H and O–H groups in total. The van der Waals surface area contributed by atoms with Crippen molar-refractivity contribution in [3.8, 4) is 0 Å². The van der Waals surface area contributed by atoms with Crippen LogP contribution in [0.25, 0.3) is 0 Å². The van der Waals surface area contributed by atoms with Crippen LogP contribution >= 0.6 is 15.9 Å². The van der Waals surface area contributed by atoms with Crippen LogP contribution in [0.15, 0.2) is 45.8 Å². The van der Waals surface area contributed by atoms with Gasteiger partial charge >= 0.3 is 11.2 Å². The number of nitro groups is 1. The quantitative estimate of drug-likeness (QED) is 0.643. The summed E-state index contributed by atoms with van der Waals surface area (Å²) in [7, 11) is 0. The van der Waals surface area contributed by atoms with Crippen molar-refractivity contribution in [1.82, 2.24) is 4.57 Å². The molecule has 0 bridgehead atoms. The molecule has 2 aromatic rings. The lowest BCUT2D eigenvalue weighted by atomic mass is 10.2. The van der Waals surface area contributed by atoms with Gasteiger partial charge in [0.05, 0.1) is 11.5 Å². The number of nitrogens with zero attached hydrogens (tertiary/aromatic N) is 2. The van der Waals surface area contributed by atoms with Crippen molar-refractivity contribution >= 4 is 21.6 Å². The molecule has 1 aromatic carbocycles. The highest BCUT2D eigenvalue weighted by Gasteiger charge is 2.14. The van der Waals surface area contributed by atoms with Crippen molar-refractivity contribution in [2.45, 2.75) is 6.54 Å². The molecule has 5 nitrogen and oxygen atoms in total. The van der Waals surface area contributed by atoms with Gasteiger partial charge in [-0.2, -0.15) is 0 Å². The van der Waals surface area contributed by atoms with Gasteiger partial charge in [-0.25, -0.2) is 4.39 Å². The topological polar surface area (TPSA) is 65.1 Å². The normalized spacial score (nSPS) is 10.4. The highest BCUT2D eigenvalue weighted by atomic mass is 79.9. The maximum Gasteiger partial charge on any atom is 0.334 e. The van der Waals surface area contributed by atoms with E-state index >= 15 is 0 Å². The number of aromatic nitrogens is 1. The van der Waals surface area contributed by atoms with Crippen LogP contribution in [0, 0.1) is 15.9 Å². The molecule has 0 amide bonds. The third-order valence-corrected chi connectivity index (χ3v) is 3.29. The standard InChI is InChI=1S/C12H8BrFN2O3/c13-10-6-9(14)4-3-8(10)7-15-5-1-2-11(12(15)17)16(18)19/h1-6H,7H2. The summed E-state index contributed by atoms with van der Waals surface area (Å²) in [6.45, 7) is 0.126. The number of rotatable bonds is 3. The Labute approximate surface area is 115 Å². The summed E-state index contributed by atoms with van der Waals surface area (Å²) in [5.41, 5.74) is -0.520. The lowest BCUT2D eigenvalue weighted by Crippen LogP contribution is -2.22. The van der Waals surface area contributed by atoms with Crippen molar-refractivity contribution in [2.75, 3.05) is 0 Å². The van der Waals surface area contributed by atoms with Crippen LogP contribution in [0.4, 0.5) is 10.1 Å². The highest BCUT2D eigenvalue weighted by molar-refractivity contribution is 9.10. The molecule has 0 aliphatic heterocycles. The van der Waals surface area contributed by atoms with Gasteiger partial charge in [0.1, 0.15) is 5.82 Å². The van der Waals surface area contributed by atoms with Gasteiger partial charge in [-0.1, -0.05) is 22.0 Å².